The molecule has 74 heavy (non-hydrogen) atoms. The molecule has 408 valence electrons. The van der Waals surface area contributed by atoms with Gasteiger partial charge in [0.2, 0.25) is 0 Å². The van der Waals surface area contributed by atoms with E-state index in [0.29, 0.717) is 25.7 Å². The van der Waals surface area contributed by atoms with Crippen LogP contribution in [0.4, 0.5) is 0 Å². The second kappa shape index (κ2) is 26.7. The monoisotopic (exact) mass is 1020 g/mol. The first-order chi connectivity index (χ1) is 34.5. The molecule has 0 saturated carbocycles. The number of esters is 2. The Kier molecular flexibility index (Phi) is 22.3. The lowest BCUT2D eigenvalue weighted by atomic mass is 9.73. The highest BCUT2D eigenvalue weighted by Crippen LogP contribution is 2.44. The Morgan fingerprint density at radius 1 is 0.622 bits per heavy atom. The lowest BCUT2D eigenvalue weighted by Gasteiger charge is -2.34. The fraction of sp³-hybridized carbons (Fsp3) is 0.613. The Morgan fingerprint density at radius 3 is 1.26 bits per heavy atom. The molecule has 12 heteroatoms. The summed E-state index contributed by atoms with van der Waals surface area (Å²) in [6.07, 6.45) is 6.21. The van der Waals surface area contributed by atoms with Gasteiger partial charge in [-0.2, -0.15) is 0 Å². The lowest BCUT2D eigenvalue weighted by Crippen LogP contribution is -2.45. The molecule has 12 nitrogen and oxygen atoms in total. The Balaban J connectivity index is 1.58. The number of ether oxygens (including phenoxy) is 2. The summed E-state index contributed by atoms with van der Waals surface area (Å²) in [5.41, 5.74) is 6.25. The van der Waals surface area contributed by atoms with Crippen molar-refractivity contribution in [3.8, 4) is 0 Å². The molecule has 2 aliphatic rings. The summed E-state index contributed by atoms with van der Waals surface area (Å²) in [6.45, 7) is 33.1. The summed E-state index contributed by atoms with van der Waals surface area (Å²) in [6, 6.07) is 7.82. The average Bonchev–Trinajstić information content (AvgIpc) is 3.81. The summed E-state index contributed by atoms with van der Waals surface area (Å²) < 4.78 is 12.6. The topological polar surface area (TPSA) is 193 Å². The van der Waals surface area contributed by atoms with E-state index in [9.17, 15) is 39.6 Å². The SMILES string of the molecule is C=C(C)CCC[C@H](C)[C@H](O)[C@@H](C)C(=O)C(C)(C)[C@@H](O)CC(=O)O[C@@H]1C(C)=C(c2ccc(C)cn2)CC1C=C[C@@H]1CC(c2ccc(C)cn2)=C(C)[C@H]1OC(=O)C[C@H](O)C(C)(C)C(=O)[C@H](C)[C@@H](O)[C@@H](C)CCCC(=C)C. The molecular weight excluding hydrogens is 933 g/mol. The molecule has 12 atom stereocenters. The Morgan fingerprint density at radius 2 is 0.959 bits per heavy atom. The van der Waals surface area contributed by atoms with Crippen molar-refractivity contribution in [3.63, 3.8) is 0 Å². The van der Waals surface area contributed by atoms with Gasteiger partial charge < -0.3 is 29.9 Å². The summed E-state index contributed by atoms with van der Waals surface area (Å²) in [5, 5.41) is 45.4. The van der Waals surface area contributed by atoms with Crippen molar-refractivity contribution in [1.82, 2.24) is 9.97 Å². The second-order valence-corrected chi connectivity index (χ2v) is 23.5. The number of pyridine rings is 2. The van der Waals surface area contributed by atoms with Crippen LogP contribution in [0.25, 0.3) is 11.1 Å². The van der Waals surface area contributed by atoms with Crippen molar-refractivity contribution >= 4 is 34.7 Å². The predicted molar refractivity (Wildman–Crippen MR) is 293 cm³/mol. The Labute approximate surface area is 442 Å². The van der Waals surface area contributed by atoms with Gasteiger partial charge in [-0.05, 0) is 150 Å². The highest BCUT2D eigenvalue weighted by atomic mass is 16.5. The highest BCUT2D eigenvalue weighted by molar-refractivity contribution is 5.89. The van der Waals surface area contributed by atoms with Crippen LogP contribution >= 0.6 is 0 Å². The average molecular weight is 1020 g/mol. The number of aromatic nitrogens is 2. The van der Waals surface area contributed by atoms with Gasteiger partial charge in [-0.1, -0.05) is 90.8 Å². The standard InChI is InChI=1S/C62H90N2O10/c1-35(2)19-17-21-39(7)55(69)43(11)59(71)61(13,14)51(65)31-53(67)73-57-41(9)47(49-27-23-37(5)33-63-49)29-45(57)25-26-46-30-48(50-28-24-38(6)34-64-50)42(10)58(46)74-54(68)32-52(66)62(15,16)60(72)44(12)56(70)40(8)22-18-20-36(3)4/h23-28,33-34,39-40,43-46,51-52,55-58,65-66,69-70H,1,3,17-22,29-32H2,2,4-16H3/t39-,40-,43+,44+,45+,46?,51-,52-,55-,56-,57+,58+/m0/s1. The number of hydrogen-bond donors (Lipinski definition) is 4. The number of hydrogen-bond acceptors (Lipinski definition) is 12. The van der Waals surface area contributed by atoms with Gasteiger partial charge in [0.25, 0.3) is 0 Å². The van der Waals surface area contributed by atoms with Crippen LogP contribution in [0.5, 0.6) is 0 Å². The number of allylic oxidation sites excluding steroid dienone is 4. The number of rotatable bonds is 28. The van der Waals surface area contributed by atoms with Crippen LogP contribution < -0.4 is 0 Å². The van der Waals surface area contributed by atoms with E-state index in [1.165, 1.54) is 0 Å². The van der Waals surface area contributed by atoms with E-state index >= 15 is 0 Å². The molecule has 2 aromatic rings. The van der Waals surface area contributed by atoms with E-state index in [-0.39, 0.29) is 35.2 Å². The van der Waals surface area contributed by atoms with Crippen molar-refractivity contribution in [2.24, 2.45) is 46.3 Å². The van der Waals surface area contributed by atoms with Gasteiger partial charge in [0.15, 0.2) is 0 Å². The van der Waals surface area contributed by atoms with Gasteiger partial charge >= 0.3 is 11.9 Å². The molecule has 0 aliphatic heterocycles. The molecule has 0 spiro atoms. The quantitative estimate of drug-likeness (QED) is 0.0466. The van der Waals surface area contributed by atoms with Gasteiger partial charge in [0.1, 0.15) is 23.8 Å². The minimum atomic E-state index is -1.40. The Bertz CT molecular complexity index is 2230. The summed E-state index contributed by atoms with van der Waals surface area (Å²) in [4.78, 5) is 65.1. The van der Waals surface area contributed by atoms with Gasteiger partial charge in [-0.3, -0.25) is 29.1 Å². The van der Waals surface area contributed by atoms with E-state index in [1.807, 2.05) is 91.8 Å². The molecule has 0 radical (unpaired) electrons. The Hall–Kier alpha value is -4.88. The molecule has 2 aliphatic carbocycles. The highest BCUT2D eigenvalue weighted by Gasteiger charge is 2.45. The van der Waals surface area contributed by atoms with Crippen LogP contribution in [-0.4, -0.2) is 90.5 Å². The minimum absolute atomic E-state index is 0.156. The number of aliphatic hydroxyl groups excluding tert-OH is 4. The zero-order chi connectivity index (χ0) is 55.6. The number of Topliss-reactive ketones (excluding diaryl/α,β-unsaturated/α-hetero) is 2. The molecule has 0 saturated heterocycles. The van der Waals surface area contributed by atoms with Crippen molar-refractivity contribution in [1.29, 1.82) is 0 Å². The van der Waals surface area contributed by atoms with Gasteiger partial charge in [-0.15, -0.1) is 13.2 Å². The van der Waals surface area contributed by atoms with Crippen molar-refractivity contribution in [2.45, 2.75) is 198 Å². The predicted octanol–water partition coefficient (Wildman–Crippen LogP) is 11.2. The maximum atomic E-state index is 14.0. The molecule has 1 unspecified atom stereocenters. The smallest absolute Gasteiger partial charge is 0.309 e. The second-order valence-electron chi connectivity index (χ2n) is 23.5. The molecule has 4 N–H and O–H groups in total. The molecule has 0 aromatic carbocycles. The van der Waals surface area contributed by atoms with Crippen molar-refractivity contribution in [3.05, 3.63) is 107 Å². The fourth-order valence-electron chi connectivity index (χ4n) is 10.7. The zero-order valence-corrected chi connectivity index (χ0v) is 47.2. The zero-order valence-electron chi connectivity index (χ0n) is 47.2. The normalized spacial score (nSPS) is 21.7. The van der Waals surface area contributed by atoms with E-state index in [1.54, 1.807) is 53.9 Å². The van der Waals surface area contributed by atoms with Crippen LogP contribution in [0.1, 0.15) is 170 Å². The van der Waals surface area contributed by atoms with E-state index < -0.39 is 84.1 Å². The molecule has 0 fully saturated rings. The molecule has 2 heterocycles. The number of nitrogens with zero attached hydrogens (tertiary/aromatic N) is 2. The maximum Gasteiger partial charge on any atom is 0.309 e. The van der Waals surface area contributed by atoms with Gasteiger partial charge in [0.05, 0.1) is 59.5 Å². The van der Waals surface area contributed by atoms with E-state index in [2.05, 4.69) is 13.2 Å². The van der Waals surface area contributed by atoms with E-state index in [0.717, 1.165) is 81.6 Å². The largest absolute Gasteiger partial charge is 0.457 e. The summed E-state index contributed by atoms with van der Waals surface area (Å²) >= 11 is 0. The first-order valence-electron chi connectivity index (χ1n) is 26.9. The molecule has 4 rings (SSSR count). The lowest BCUT2D eigenvalue weighted by molar-refractivity contribution is -0.157. The maximum absolute atomic E-state index is 14.0. The van der Waals surface area contributed by atoms with Crippen LogP contribution in [0, 0.1) is 60.2 Å². The minimum Gasteiger partial charge on any atom is -0.457 e. The number of carbonyl (C=O) groups is 4. The van der Waals surface area contributed by atoms with Gasteiger partial charge in [0, 0.05) is 36.1 Å². The summed E-state index contributed by atoms with van der Waals surface area (Å²) in [7, 11) is 0. The molecular formula is C62H90N2O10. The summed E-state index contributed by atoms with van der Waals surface area (Å²) in [5.74, 6) is -4.69. The van der Waals surface area contributed by atoms with Crippen LogP contribution in [0.15, 0.2) is 84.3 Å². The van der Waals surface area contributed by atoms with Gasteiger partial charge in [-0.25, -0.2) is 0 Å². The third kappa shape index (κ3) is 15.8. The fourth-order valence-corrected chi connectivity index (χ4v) is 10.7. The molecule has 0 amide bonds. The van der Waals surface area contributed by atoms with Crippen molar-refractivity contribution in [2.75, 3.05) is 0 Å². The number of ketones is 2. The first kappa shape index (κ1) is 61.7. The number of aryl methyl sites for hydroxylation is 2. The molecule has 2 aromatic heterocycles. The number of carbonyl (C=O) groups excluding carboxylic acids is 4. The first-order valence-corrected chi connectivity index (χ1v) is 26.9. The third-order valence-electron chi connectivity index (χ3n) is 16.2. The third-order valence-corrected chi connectivity index (χ3v) is 16.2. The van der Waals surface area contributed by atoms with Crippen LogP contribution in [0.3, 0.4) is 0 Å². The number of aliphatic hydroxyl groups is 4. The van der Waals surface area contributed by atoms with Crippen molar-refractivity contribution < 1.29 is 49.1 Å². The molecule has 0 bridgehead atoms. The van der Waals surface area contributed by atoms with Crippen LogP contribution in [0.2, 0.25) is 0 Å². The van der Waals surface area contributed by atoms with E-state index in [4.69, 9.17) is 19.4 Å². The van der Waals surface area contributed by atoms with Crippen LogP contribution in [-0.2, 0) is 28.7 Å².